The maximum Gasteiger partial charge on any atom is 0.472 e. The van der Waals surface area contributed by atoms with Crippen LogP contribution >= 0.6 is 0 Å². The van der Waals surface area contributed by atoms with E-state index < -0.39 is 5.97 Å². The normalized spacial score (nSPS) is 9.61. The van der Waals surface area contributed by atoms with Gasteiger partial charge in [-0.1, -0.05) is 6.58 Å². The predicted molar refractivity (Wildman–Crippen MR) is 82.5 cm³/mol. The van der Waals surface area contributed by atoms with Crippen molar-refractivity contribution in [3.63, 3.8) is 0 Å². The fourth-order valence-corrected chi connectivity index (χ4v) is 1.45. The van der Waals surface area contributed by atoms with Crippen LogP contribution in [0.3, 0.4) is 0 Å². The average Bonchev–Trinajstić information content (AvgIpc) is 2.87. The third kappa shape index (κ3) is 5.06. The molecule has 0 saturated heterocycles. The van der Waals surface area contributed by atoms with Crippen LogP contribution < -0.4 is 9.94 Å². The predicted octanol–water partition coefficient (Wildman–Crippen LogP) is -1.24. The van der Waals surface area contributed by atoms with Crippen LogP contribution in [0.4, 0.5) is 0 Å². The fourth-order valence-electron chi connectivity index (χ4n) is 1.45. The quantitative estimate of drug-likeness (QED) is 0.295. The monoisotopic (exact) mass is 320 g/mol. The molecular weight excluding hydrogens is 300 g/mol. The highest BCUT2D eigenvalue weighted by Crippen LogP contribution is 2.04. The maximum absolute atomic E-state index is 9.49. The lowest BCUT2D eigenvalue weighted by Crippen LogP contribution is -2.39. The summed E-state index contributed by atoms with van der Waals surface area (Å²) in [6.45, 7) is 4.48. The summed E-state index contributed by atoms with van der Waals surface area (Å²) in [7, 11) is 7.56. The summed E-state index contributed by atoms with van der Waals surface area (Å²) in [5.41, 5.74) is 1.35. The summed E-state index contributed by atoms with van der Waals surface area (Å²) in [5.74, 6) is -1.19. The SMILES string of the molecule is C=C(C)C(=O)[O-].CN(C)C(On1nnc2cccnc21)=[N+](C)C. The summed E-state index contributed by atoms with van der Waals surface area (Å²) in [6.07, 6.45) is 1.68. The number of carbonyl (C=O) groups excluding carboxylic acids is 1. The molecule has 0 spiro atoms. The third-order valence-electron chi connectivity index (χ3n) is 2.46. The van der Waals surface area contributed by atoms with Crippen LogP contribution in [0.2, 0.25) is 0 Å². The van der Waals surface area contributed by atoms with E-state index in [0.717, 1.165) is 0 Å². The third-order valence-corrected chi connectivity index (χ3v) is 2.46. The van der Waals surface area contributed by atoms with Crippen LogP contribution in [0, 0.1) is 0 Å². The number of nitrogens with zero attached hydrogens (tertiary/aromatic N) is 6. The van der Waals surface area contributed by atoms with Gasteiger partial charge in [0.2, 0.25) is 5.65 Å². The van der Waals surface area contributed by atoms with Gasteiger partial charge in [-0.15, -0.1) is 5.10 Å². The molecule has 23 heavy (non-hydrogen) atoms. The molecule has 0 aliphatic carbocycles. The van der Waals surface area contributed by atoms with Crippen molar-refractivity contribution in [3.8, 4) is 0 Å². The van der Waals surface area contributed by atoms with Crippen molar-refractivity contribution < 1.29 is 19.3 Å². The Labute approximate surface area is 134 Å². The molecule has 2 aromatic rings. The summed E-state index contributed by atoms with van der Waals surface area (Å²) < 4.78 is 1.84. The molecule has 0 radical (unpaired) electrons. The van der Waals surface area contributed by atoms with Gasteiger partial charge in [-0.05, 0) is 34.7 Å². The molecule has 0 N–H and O–H groups in total. The van der Waals surface area contributed by atoms with Crippen molar-refractivity contribution in [1.29, 1.82) is 0 Å². The largest absolute Gasteiger partial charge is 0.545 e. The lowest BCUT2D eigenvalue weighted by atomic mass is 10.4. The van der Waals surface area contributed by atoms with Gasteiger partial charge >= 0.3 is 6.02 Å². The van der Waals surface area contributed by atoms with Crippen LogP contribution in [0.15, 0.2) is 30.5 Å². The minimum Gasteiger partial charge on any atom is -0.545 e. The smallest absolute Gasteiger partial charge is 0.472 e. The van der Waals surface area contributed by atoms with Gasteiger partial charge in [-0.3, -0.25) is 4.84 Å². The zero-order valence-electron chi connectivity index (χ0n) is 13.8. The Morgan fingerprint density at radius 2 is 2.04 bits per heavy atom. The van der Waals surface area contributed by atoms with Crippen LogP contribution in [-0.2, 0) is 4.79 Å². The average molecular weight is 320 g/mol. The molecule has 0 aromatic carbocycles. The summed E-state index contributed by atoms with van der Waals surface area (Å²) in [6, 6.07) is 4.28. The molecule has 2 rings (SSSR count). The Kier molecular flexibility index (Phi) is 6.19. The second kappa shape index (κ2) is 7.87. The Morgan fingerprint density at radius 3 is 2.52 bits per heavy atom. The lowest BCUT2D eigenvalue weighted by molar-refractivity contribution is -0.480. The molecule has 0 aliphatic heterocycles. The Bertz CT molecular complexity index is 719. The molecule has 0 unspecified atom stereocenters. The van der Waals surface area contributed by atoms with E-state index in [9.17, 15) is 9.90 Å². The van der Waals surface area contributed by atoms with Crippen molar-refractivity contribution >= 4 is 23.2 Å². The number of hydrogen-bond donors (Lipinski definition) is 0. The molecule has 0 aliphatic rings. The van der Waals surface area contributed by atoms with Crippen LogP contribution in [0.5, 0.6) is 0 Å². The topological polar surface area (TPSA) is 99.2 Å². The van der Waals surface area contributed by atoms with E-state index in [1.54, 1.807) is 6.20 Å². The number of fused-ring (bicyclic) bond motifs is 1. The molecule has 0 fully saturated rings. The standard InChI is InChI=1S/C10H15N6O.C4H6O2/c1-14(2)10(15(3)4)17-16-9-8(12-13-16)6-5-7-11-9;1-3(2)4(5)6/h5-7H,1-4H3;1H2,2H3,(H,5,6)/q+1;/p-1. The number of carbonyl (C=O) groups is 1. The molecule has 0 atom stereocenters. The van der Waals surface area contributed by atoms with Crippen molar-refractivity contribution in [3.05, 3.63) is 30.5 Å². The molecule has 124 valence electrons. The minimum atomic E-state index is -1.19. The lowest BCUT2D eigenvalue weighted by Gasteiger charge is -2.09. The van der Waals surface area contributed by atoms with Crippen molar-refractivity contribution in [2.45, 2.75) is 6.92 Å². The first kappa shape index (κ1) is 18.1. The van der Waals surface area contributed by atoms with E-state index in [2.05, 4.69) is 21.9 Å². The molecule has 9 nitrogen and oxygen atoms in total. The van der Waals surface area contributed by atoms with Crippen molar-refractivity contribution in [2.75, 3.05) is 28.2 Å². The van der Waals surface area contributed by atoms with Crippen LogP contribution in [-0.4, -0.2) is 69.8 Å². The van der Waals surface area contributed by atoms with Crippen molar-refractivity contribution in [1.82, 2.24) is 25.0 Å². The van der Waals surface area contributed by atoms with E-state index in [0.29, 0.717) is 17.2 Å². The molecular formula is C14H20N6O3. The zero-order valence-corrected chi connectivity index (χ0v) is 13.8. The van der Waals surface area contributed by atoms with Crippen LogP contribution in [0.25, 0.3) is 11.2 Å². The first-order valence-corrected chi connectivity index (χ1v) is 6.67. The highest BCUT2D eigenvalue weighted by Gasteiger charge is 2.17. The van der Waals surface area contributed by atoms with Gasteiger partial charge in [0.1, 0.15) is 5.52 Å². The molecule has 9 heteroatoms. The van der Waals surface area contributed by atoms with Gasteiger partial charge in [-0.25, -0.2) is 14.5 Å². The number of aromatic nitrogens is 4. The zero-order chi connectivity index (χ0) is 17.6. The first-order valence-electron chi connectivity index (χ1n) is 6.67. The van der Waals surface area contributed by atoms with Gasteiger partial charge in [-0.2, -0.15) is 0 Å². The van der Waals surface area contributed by atoms with E-state index in [4.69, 9.17) is 4.84 Å². The highest BCUT2D eigenvalue weighted by atomic mass is 16.7. The van der Waals surface area contributed by atoms with Gasteiger partial charge < -0.3 is 9.90 Å². The van der Waals surface area contributed by atoms with Crippen LogP contribution in [0.1, 0.15) is 6.92 Å². The number of hydrogen-bond acceptors (Lipinski definition) is 6. The number of carboxylic acids is 1. The fraction of sp³-hybridized carbons (Fsp3) is 0.357. The Balaban J connectivity index is 0.000000379. The van der Waals surface area contributed by atoms with E-state index >= 15 is 0 Å². The molecule has 0 bridgehead atoms. The number of pyridine rings is 1. The number of amidine groups is 1. The number of carboxylic acid groups (broad SMARTS) is 1. The number of aliphatic carboxylic acids is 1. The minimum absolute atomic E-state index is 0.0648. The number of rotatable bonds is 2. The van der Waals surface area contributed by atoms with E-state index in [1.807, 2.05) is 49.8 Å². The summed E-state index contributed by atoms with van der Waals surface area (Å²) in [4.78, 5) is 22.5. The van der Waals surface area contributed by atoms with Crippen molar-refractivity contribution in [2.24, 2.45) is 0 Å². The van der Waals surface area contributed by atoms with Gasteiger partial charge in [0, 0.05) is 6.20 Å². The van der Waals surface area contributed by atoms with Gasteiger partial charge in [0.05, 0.1) is 34.2 Å². The maximum atomic E-state index is 9.49. The van der Waals surface area contributed by atoms with Gasteiger partial charge in [0.25, 0.3) is 0 Å². The molecule has 0 saturated carbocycles. The Hall–Kier alpha value is -2.97. The van der Waals surface area contributed by atoms with E-state index in [1.165, 1.54) is 11.8 Å². The molecule has 0 amide bonds. The highest BCUT2D eigenvalue weighted by molar-refractivity contribution is 5.82. The Morgan fingerprint density at radius 1 is 1.43 bits per heavy atom. The second-order valence-corrected chi connectivity index (χ2v) is 5.04. The van der Waals surface area contributed by atoms with E-state index in [-0.39, 0.29) is 5.57 Å². The molecule has 2 aromatic heterocycles. The van der Waals surface area contributed by atoms with Gasteiger partial charge in [0.15, 0.2) is 0 Å². The first-order chi connectivity index (χ1) is 10.7. The second-order valence-electron chi connectivity index (χ2n) is 5.04. The summed E-state index contributed by atoms with van der Waals surface area (Å²) >= 11 is 0. The summed E-state index contributed by atoms with van der Waals surface area (Å²) in [5, 5.41) is 17.4. The molecule has 2 heterocycles.